The Kier molecular flexibility index (Phi) is 5.15. The van der Waals surface area contributed by atoms with Crippen LogP contribution >= 0.6 is 0 Å². The van der Waals surface area contributed by atoms with Crippen molar-refractivity contribution in [1.82, 2.24) is 14.7 Å². The third-order valence-electron chi connectivity index (χ3n) is 2.63. The summed E-state index contributed by atoms with van der Waals surface area (Å²) >= 11 is 0. The van der Waals surface area contributed by atoms with E-state index in [1.165, 1.54) is 4.90 Å². The Morgan fingerprint density at radius 1 is 1.50 bits per heavy atom. The molecule has 0 bridgehead atoms. The quantitative estimate of drug-likeness (QED) is 0.840. The van der Waals surface area contributed by atoms with Gasteiger partial charge in [-0.05, 0) is 32.0 Å². The Morgan fingerprint density at radius 3 is 2.67 bits per heavy atom. The highest BCUT2D eigenvalue weighted by Crippen LogP contribution is 2.20. The van der Waals surface area contributed by atoms with Gasteiger partial charge in [-0.15, -0.1) is 0 Å². The first-order valence-corrected chi connectivity index (χ1v) is 5.70. The molecule has 0 spiro atoms. The minimum absolute atomic E-state index is 0.392. The van der Waals surface area contributed by atoms with E-state index in [1.807, 2.05) is 13.2 Å². The zero-order valence-electron chi connectivity index (χ0n) is 10.5. The lowest BCUT2D eigenvalue weighted by molar-refractivity contribution is -0.207. The molecule has 1 aromatic rings. The van der Waals surface area contributed by atoms with Gasteiger partial charge in [0.25, 0.3) is 0 Å². The van der Waals surface area contributed by atoms with E-state index in [1.54, 1.807) is 17.9 Å². The lowest BCUT2D eigenvalue weighted by Gasteiger charge is -2.21. The van der Waals surface area contributed by atoms with Gasteiger partial charge in [-0.3, -0.25) is 4.68 Å². The molecule has 0 amide bonds. The van der Waals surface area contributed by atoms with Crippen LogP contribution in [-0.2, 0) is 13.5 Å². The smallest absolute Gasteiger partial charge is 0.382 e. The number of aliphatic hydroxyl groups excluding tert-OH is 1. The van der Waals surface area contributed by atoms with Crippen LogP contribution in [0.25, 0.3) is 0 Å². The SMILES string of the molecule is CN(CCCc1cnn(C)c1)CC(O)C(F)(F)F. The first-order valence-electron chi connectivity index (χ1n) is 5.70. The van der Waals surface area contributed by atoms with Crippen LogP contribution < -0.4 is 0 Å². The second kappa shape index (κ2) is 6.19. The molecule has 1 heterocycles. The summed E-state index contributed by atoms with van der Waals surface area (Å²) in [7, 11) is 3.38. The third kappa shape index (κ3) is 5.05. The number of hydrogen-bond donors (Lipinski definition) is 1. The summed E-state index contributed by atoms with van der Waals surface area (Å²) in [5.74, 6) is 0. The van der Waals surface area contributed by atoms with Gasteiger partial charge in [0.15, 0.2) is 6.10 Å². The summed E-state index contributed by atoms with van der Waals surface area (Å²) in [6.07, 6.45) is -1.71. The van der Waals surface area contributed by atoms with Gasteiger partial charge in [-0.2, -0.15) is 18.3 Å². The number of rotatable bonds is 6. The maximum atomic E-state index is 12.1. The summed E-state index contributed by atoms with van der Waals surface area (Å²) in [6, 6.07) is 0. The van der Waals surface area contributed by atoms with Crippen molar-refractivity contribution >= 4 is 0 Å². The molecule has 0 aliphatic rings. The van der Waals surface area contributed by atoms with Crippen LogP contribution in [0.4, 0.5) is 13.2 Å². The summed E-state index contributed by atoms with van der Waals surface area (Å²) in [5, 5.41) is 12.9. The van der Waals surface area contributed by atoms with Crippen molar-refractivity contribution in [2.45, 2.75) is 25.1 Å². The summed E-state index contributed by atoms with van der Waals surface area (Å²) in [4.78, 5) is 1.48. The fourth-order valence-corrected chi connectivity index (χ4v) is 1.64. The van der Waals surface area contributed by atoms with Gasteiger partial charge in [-0.1, -0.05) is 0 Å². The van der Waals surface area contributed by atoms with Crippen LogP contribution in [-0.4, -0.2) is 52.2 Å². The van der Waals surface area contributed by atoms with Crippen molar-refractivity contribution in [1.29, 1.82) is 0 Å². The van der Waals surface area contributed by atoms with Gasteiger partial charge < -0.3 is 10.0 Å². The molecule has 0 fully saturated rings. The summed E-state index contributed by atoms with van der Waals surface area (Å²) in [6.45, 7) is 0.110. The molecule has 1 atom stereocenters. The van der Waals surface area contributed by atoms with E-state index in [0.29, 0.717) is 6.54 Å². The summed E-state index contributed by atoms with van der Waals surface area (Å²) in [5.41, 5.74) is 1.06. The van der Waals surface area contributed by atoms with Crippen molar-refractivity contribution in [2.24, 2.45) is 7.05 Å². The van der Waals surface area contributed by atoms with E-state index >= 15 is 0 Å². The maximum Gasteiger partial charge on any atom is 0.415 e. The zero-order valence-corrected chi connectivity index (χ0v) is 10.5. The van der Waals surface area contributed by atoms with Gasteiger partial charge in [-0.25, -0.2) is 0 Å². The molecule has 1 aromatic heterocycles. The number of aliphatic hydroxyl groups is 1. The number of hydrogen-bond acceptors (Lipinski definition) is 3. The van der Waals surface area contributed by atoms with Crippen LogP contribution in [0.15, 0.2) is 12.4 Å². The standard InChI is InChI=1S/C11H18F3N3O/c1-16(8-10(18)11(12,13)14)5-3-4-9-6-15-17(2)7-9/h6-7,10,18H,3-5,8H2,1-2H3. The number of likely N-dealkylation sites (N-methyl/N-ethyl adjacent to an activating group) is 1. The molecule has 0 radical (unpaired) electrons. The van der Waals surface area contributed by atoms with Crippen LogP contribution in [0.2, 0.25) is 0 Å². The van der Waals surface area contributed by atoms with Gasteiger partial charge >= 0.3 is 6.18 Å². The molecule has 104 valence electrons. The number of alkyl halides is 3. The van der Waals surface area contributed by atoms with Gasteiger partial charge in [0.2, 0.25) is 0 Å². The molecule has 1 rings (SSSR count). The topological polar surface area (TPSA) is 41.3 Å². The third-order valence-corrected chi connectivity index (χ3v) is 2.63. The average Bonchev–Trinajstić information content (AvgIpc) is 2.62. The maximum absolute atomic E-state index is 12.1. The van der Waals surface area contributed by atoms with Crippen molar-refractivity contribution in [3.8, 4) is 0 Å². The Hall–Kier alpha value is -1.08. The van der Waals surface area contributed by atoms with Crippen LogP contribution in [0, 0.1) is 0 Å². The second-order valence-corrected chi connectivity index (χ2v) is 4.45. The molecule has 0 saturated heterocycles. The molecule has 18 heavy (non-hydrogen) atoms. The molecular weight excluding hydrogens is 247 g/mol. The molecule has 0 saturated carbocycles. The van der Waals surface area contributed by atoms with E-state index in [4.69, 9.17) is 5.11 Å². The van der Waals surface area contributed by atoms with Crippen molar-refractivity contribution < 1.29 is 18.3 Å². The number of halogens is 3. The zero-order chi connectivity index (χ0) is 13.8. The lowest BCUT2D eigenvalue weighted by Crippen LogP contribution is -2.39. The Labute approximate surface area is 104 Å². The fourth-order valence-electron chi connectivity index (χ4n) is 1.64. The molecule has 1 unspecified atom stereocenters. The highest BCUT2D eigenvalue weighted by molar-refractivity contribution is 5.03. The number of nitrogens with zero attached hydrogens (tertiary/aromatic N) is 3. The predicted octanol–water partition coefficient (Wildman–Crippen LogP) is 1.21. The molecular formula is C11H18F3N3O. The first kappa shape index (κ1) is 15.0. The van der Waals surface area contributed by atoms with Gasteiger partial charge in [0, 0.05) is 19.8 Å². The van der Waals surface area contributed by atoms with Gasteiger partial charge in [0.1, 0.15) is 0 Å². The van der Waals surface area contributed by atoms with Crippen LogP contribution in [0.3, 0.4) is 0 Å². The monoisotopic (exact) mass is 265 g/mol. The van der Waals surface area contributed by atoms with Gasteiger partial charge in [0.05, 0.1) is 6.20 Å². The highest BCUT2D eigenvalue weighted by atomic mass is 19.4. The molecule has 0 aromatic carbocycles. The van der Waals surface area contributed by atoms with E-state index in [-0.39, 0.29) is 0 Å². The summed E-state index contributed by atoms with van der Waals surface area (Å²) < 4.78 is 38.0. The minimum Gasteiger partial charge on any atom is -0.382 e. The number of aromatic nitrogens is 2. The molecule has 0 aliphatic carbocycles. The lowest BCUT2D eigenvalue weighted by atomic mass is 10.2. The molecule has 7 heteroatoms. The van der Waals surface area contributed by atoms with E-state index < -0.39 is 18.8 Å². The minimum atomic E-state index is -4.54. The molecule has 0 aliphatic heterocycles. The van der Waals surface area contributed by atoms with Crippen molar-refractivity contribution in [2.75, 3.05) is 20.1 Å². The Balaban J connectivity index is 2.23. The fraction of sp³-hybridized carbons (Fsp3) is 0.727. The first-order chi connectivity index (χ1) is 8.29. The highest BCUT2D eigenvalue weighted by Gasteiger charge is 2.38. The largest absolute Gasteiger partial charge is 0.415 e. The second-order valence-electron chi connectivity index (χ2n) is 4.45. The number of aryl methyl sites for hydroxylation is 2. The van der Waals surface area contributed by atoms with Crippen molar-refractivity contribution in [3.63, 3.8) is 0 Å². The van der Waals surface area contributed by atoms with E-state index in [2.05, 4.69) is 5.10 Å². The van der Waals surface area contributed by atoms with Crippen LogP contribution in [0.1, 0.15) is 12.0 Å². The molecule has 4 nitrogen and oxygen atoms in total. The molecule has 1 N–H and O–H groups in total. The van der Waals surface area contributed by atoms with Crippen molar-refractivity contribution in [3.05, 3.63) is 18.0 Å². The Morgan fingerprint density at radius 2 is 2.17 bits per heavy atom. The predicted molar refractivity (Wildman–Crippen MR) is 61.1 cm³/mol. The van der Waals surface area contributed by atoms with E-state index in [0.717, 1.165) is 18.4 Å². The van der Waals surface area contributed by atoms with E-state index in [9.17, 15) is 13.2 Å². The normalized spacial score (nSPS) is 14.2. The average molecular weight is 265 g/mol. The van der Waals surface area contributed by atoms with Crippen LogP contribution in [0.5, 0.6) is 0 Å². The Bertz CT molecular complexity index is 365.